The summed E-state index contributed by atoms with van der Waals surface area (Å²) in [5.74, 6) is 0.677. The lowest BCUT2D eigenvalue weighted by Gasteiger charge is -2.07. The third-order valence-electron chi connectivity index (χ3n) is 4.00. The lowest BCUT2D eigenvalue weighted by Crippen LogP contribution is -1.98. The van der Waals surface area contributed by atoms with Gasteiger partial charge in [-0.1, -0.05) is 64.7 Å². The minimum Gasteiger partial charge on any atom is -0.494 e. The molecule has 0 aliphatic carbocycles. The van der Waals surface area contributed by atoms with Gasteiger partial charge >= 0.3 is 0 Å². The van der Waals surface area contributed by atoms with E-state index < -0.39 is 0 Å². The van der Waals surface area contributed by atoms with Gasteiger partial charge in [0.2, 0.25) is 0 Å². The fraction of sp³-hybridized carbons (Fsp3) is 0.600. The summed E-state index contributed by atoms with van der Waals surface area (Å²) >= 11 is 0. The molecule has 0 N–H and O–H groups in total. The molecule has 0 heterocycles. The van der Waals surface area contributed by atoms with Crippen LogP contribution in [0.25, 0.3) is 0 Å². The van der Waals surface area contributed by atoms with E-state index in [1.54, 1.807) is 18.2 Å². The van der Waals surface area contributed by atoms with E-state index in [0.717, 1.165) is 6.42 Å². The zero-order valence-electron chi connectivity index (χ0n) is 14.3. The molecule has 0 aliphatic rings. The predicted octanol–water partition coefficient (Wildman–Crippen LogP) is 5.73. The molecule has 0 bridgehead atoms. The summed E-state index contributed by atoms with van der Waals surface area (Å²) in [4.78, 5) is 0. The summed E-state index contributed by atoms with van der Waals surface area (Å²) < 4.78 is 5.66. The van der Waals surface area contributed by atoms with E-state index in [0.29, 0.717) is 23.5 Å². The Balaban J connectivity index is 2.05. The van der Waals surface area contributed by atoms with Gasteiger partial charge in [0.25, 0.3) is 0 Å². The molecule has 0 amide bonds. The fourth-order valence-electron chi connectivity index (χ4n) is 2.58. The van der Waals surface area contributed by atoms with Crippen molar-refractivity contribution in [2.75, 3.05) is 6.61 Å². The second-order valence-electron chi connectivity index (χ2n) is 5.96. The summed E-state index contributed by atoms with van der Waals surface area (Å²) in [6.07, 6.45) is 13.0. The number of nitriles is 2. The molecule has 0 spiro atoms. The molecule has 0 saturated heterocycles. The highest BCUT2D eigenvalue weighted by Gasteiger charge is 2.03. The Morgan fingerprint density at radius 3 is 1.91 bits per heavy atom. The fourth-order valence-corrected chi connectivity index (χ4v) is 2.58. The molecular weight excluding hydrogens is 284 g/mol. The number of unbranched alkanes of at least 4 members (excludes halogenated alkanes) is 9. The standard InChI is InChI=1S/C20H28N2O/c1-2-3-4-5-6-7-8-9-10-11-14-23-20-13-12-18(16-21)19(15-20)17-22/h12-13,15H,2-11,14H2,1H3. The first-order valence-corrected chi connectivity index (χ1v) is 8.89. The van der Waals surface area contributed by atoms with E-state index in [4.69, 9.17) is 15.3 Å². The highest BCUT2D eigenvalue weighted by atomic mass is 16.5. The largest absolute Gasteiger partial charge is 0.494 e. The summed E-state index contributed by atoms with van der Waals surface area (Å²) in [6.45, 7) is 2.92. The molecule has 0 atom stereocenters. The van der Waals surface area contributed by atoms with Gasteiger partial charge in [-0.3, -0.25) is 0 Å². The number of nitrogens with zero attached hydrogens (tertiary/aromatic N) is 2. The molecule has 124 valence electrons. The maximum atomic E-state index is 8.98. The Morgan fingerprint density at radius 1 is 0.783 bits per heavy atom. The van der Waals surface area contributed by atoms with Crippen LogP contribution in [0.4, 0.5) is 0 Å². The summed E-state index contributed by atoms with van der Waals surface area (Å²) in [5, 5.41) is 17.9. The number of benzene rings is 1. The number of hydrogen-bond donors (Lipinski definition) is 0. The van der Waals surface area contributed by atoms with Gasteiger partial charge in [0.05, 0.1) is 17.7 Å². The van der Waals surface area contributed by atoms with Crippen LogP contribution in [0.5, 0.6) is 5.75 Å². The maximum Gasteiger partial charge on any atom is 0.120 e. The molecule has 3 nitrogen and oxygen atoms in total. The van der Waals surface area contributed by atoms with Gasteiger partial charge < -0.3 is 4.74 Å². The average molecular weight is 312 g/mol. The number of hydrogen-bond acceptors (Lipinski definition) is 3. The van der Waals surface area contributed by atoms with Crippen molar-refractivity contribution in [1.29, 1.82) is 10.5 Å². The van der Waals surface area contributed by atoms with E-state index >= 15 is 0 Å². The molecule has 1 rings (SSSR count). The van der Waals surface area contributed by atoms with E-state index in [1.165, 1.54) is 57.8 Å². The Kier molecular flexibility index (Phi) is 10.4. The molecule has 0 aliphatic heterocycles. The second-order valence-corrected chi connectivity index (χ2v) is 5.96. The first kappa shape index (κ1) is 19.0. The first-order chi connectivity index (χ1) is 11.3. The maximum absolute atomic E-state index is 8.98. The molecule has 1 aromatic carbocycles. The molecule has 0 saturated carbocycles. The van der Waals surface area contributed by atoms with E-state index in [1.807, 2.05) is 12.1 Å². The van der Waals surface area contributed by atoms with Crippen molar-refractivity contribution in [3.8, 4) is 17.9 Å². The second kappa shape index (κ2) is 12.5. The Bertz CT molecular complexity index is 525. The molecule has 1 aromatic rings. The average Bonchev–Trinajstić information content (AvgIpc) is 2.59. The monoisotopic (exact) mass is 312 g/mol. The van der Waals surface area contributed by atoms with Crippen molar-refractivity contribution < 1.29 is 4.74 Å². The summed E-state index contributed by atoms with van der Waals surface area (Å²) in [6, 6.07) is 9.09. The highest BCUT2D eigenvalue weighted by Crippen LogP contribution is 2.17. The molecule has 0 fully saturated rings. The third-order valence-corrected chi connectivity index (χ3v) is 4.00. The Morgan fingerprint density at radius 2 is 1.35 bits per heavy atom. The van der Waals surface area contributed by atoms with Crippen LogP contribution in [0.2, 0.25) is 0 Å². The van der Waals surface area contributed by atoms with Gasteiger partial charge in [0.1, 0.15) is 17.9 Å². The van der Waals surface area contributed by atoms with Crippen LogP contribution in [0, 0.1) is 22.7 Å². The molecule has 0 radical (unpaired) electrons. The highest BCUT2D eigenvalue weighted by molar-refractivity contribution is 5.49. The van der Waals surface area contributed by atoms with Crippen LogP contribution in [0.1, 0.15) is 82.3 Å². The molecular formula is C20H28N2O. The Labute approximate surface area is 140 Å². The third kappa shape index (κ3) is 8.27. The molecule has 23 heavy (non-hydrogen) atoms. The van der Waals surface area contributed by atoms with Crippen molar-refractivity contribution in [1.82, 2.24) is 0 Å². The van der Waals surface area contributed by atoms with Crippen LogP contribution in [-0.4, -0.2) is 6.61 Å². The van der Waals surface area contributed by atoms with Gasteiger partial charge in [-0.15, -0.1) is 0 Å². The smallest absolute Gasteiger partial charge is 0.120 e. The SMILES string of the molecule is CCCCCCCCCCCCOc1ccc(C#N)c(C#N)c1. The van der Waals surface area contributed by atoms with Crippen molar-refractivity contribution in [2.45, 2.75) is 71.1 Å². The Hall–Kier alpha value is -2.00. The zero-order chi connectivity index (χ0) is 16.8. The van der Waals surface area contributed by atoms with Gasteiger partial charge in [0, 0.05) is 0 Å². The number of rotatable bonds is 12. The van der Waals surface area contributed by atoms with E-state index in [-0.39, 0.29) is 0 Å². The lowest BCUT2D eigenvalue weighted by atomic mass is 10.1. The van der Waals surface area contributed by atoms with Gasteiger partial charge in [-0.25, -0.2) is 0 Å². The van der Waals surface area contributed by atoms with Crippen molar-refractivity contribution in [3.05, 3.63) is 29.3 Å². The van der Waals surface area contributed by atoms with E-state index in [9.17, 15) is 0 Å². The first-order valence-electron chi connectivity index (χ1n) is 8.89. The molecule has 3 heteroatoms. The predicted molar refractivity (Wildman–Crippen MR) is 93.2 cm³/mol. The van der Waals surface area contributed by atoms with Crippen LogP contribution >= 0.6 is 0 Å². The topological polar surface area (TPSA) is 56.8 Å². The van der Waals surface area contributed by atoms with Gasteiger partial charge in [-0.2, -0.15) is 10.5 Å². The van der Waals surface area contributed by atoms with Crippen molar-refractivity contribution in [2.24, 2.45) is 0 Å². The van der Waals surface area contributed by atoms with Crippen molar-refractivity contribution >= 4 is 0 Å². The minimum absolute atomic E-state index is 0.382. The minimum atomic E-state index is 0.382. The van der Waals surface area contributed by atoms with Crippen LogP contribution in [0.3, 0.4) is 0 Å². The van der Waals surface area contributed by atoms with Gasteiger partial charge in [-0.05, 0) is 24.6 Å². The van der Waals surface area contributed by atoms with Crippen molar-refractivity contribution in [3.63, 3.8) is 0 Å². The van der Waals surface area contributed by atoms with Gasteiger partial charge in [0.15, 0.2) is 0 Å². The van der Waals surface area contributed by atoms with Crippen LogP contribution in [0.15, 0.2) is 18.2 Å². The molecule has 0 aromatic heterocycles. The van der Waals surface area contributed by atoms with Crippen LogP contribution < -0.4 is 4.74 Å². The van der Waals surface area contributed by atoms with E-state index in [2.05, 4.69) is 6.92 Å². The normalized spacial score (nSPS) is 10.0. The van der Waals surface area contributed by atoms with Crippen LogP contribution in [-0.2, 0) is 0 Å². The lowest BCUT2D eigenvalue weighted by molar-refractivity contribution is 0.304. The molecule has 0 unspecified atom stereocenters. The number of ether oxygens (including phenoxy) is 1. The zero-order valence-corrected chi connectivity index (χ0v) is 14.3. The summed E-state index contributed by atoms with van der Waals surface area (Å²) in [5.41, 5.74) is 0.784. The quantitative estimate of drug-likeness (QED) is 0.463. The summed E-state index contributed by atoms with van der Waals surface area (Å²) in [7, 11) is 0.